The molecule has 0 saturated heterocycles. The number of benzene rings is 1. The Kier molecular flexibility index (Phi) is 5.45. The Hall–Kier alpha value is -1.55. The van der Waals surface area contributed by atoms with Crippen molar-refractivity contribution in [1.29, 1.82) is 0 Å². The first-order chi connectivity index (χ1) is 13.2. The molecule has 1 heterocycles. The van der Waals surface area contributed by atoms with Crippen LogP contribution in [0.5, 0.6) is 0 Å². The first-order valence-corrected chi connectivity index (χ1v) is 11.5. The lowest BCUT2D eigenvalue weighted by molar-refractivity contribution is 0.282. The number of unbranched alkanes of at least 4 members (excludes halogenated alkanes) is 1. The molecule has 2 aliphatic rings. The van der Waals surface area contributed by atoms with Gasteiger partial charge in [-0.25, -0.2) is 4.98 Å². The summed E-state index contributed by atoms with van der Waals surface area (Å²) in [5, 5.41) is 0.900. The maximum Gasteiger partial charge on any atom is 0.258 e. The lowest BCUT2D eigenvalue weighted by atomic mass is 9.62. The molecule has 1 spiro atoms. The maximum atomic E-state index is 13.7. The van der Waals surface area contributed by atoms with E-state index in [2.05, 4.69) is 38.1 Å². The number of nitrogens with zero attached hydrogens (tertiary/aromatic N) is 2. The largest absolute Gasteiger partial charge is 0.288 e. The van der Waals surface area contributed by atoms with Crippen LogP contribution in [0.15, 0.2) is 34.2 Å². The number of fused-ring (bicyclic) bond motifs is 4. The number of rotatable bonds is 5. The highest BCUT2D eigenvalue weighted by molar-refractivity contribution is 7.99. The molecule has 0 N–H and O–H groups in total. The molecule has 2 aliphatic carbocycles. The second kappa shape index (κ2) is 7.83. The fourth-order valence-corrected chi connectivity index (χ4v) is 6.06. The van der Waals surface area contributed by atoms with Crippen LogP contribution in [0.2, 0.25) is 0 Å². The Bertz CT molecular complexity index is 880. The van der Waals surface area contributed by atoms with Gasteiger partial charge in [-0.15, -0.1) is 0 Å². The summed E-state index contributed by atoms with van der Waals surface area (Å²) in [6.45, 7) is 4.98. The van der Waals surface area contributed by atoms with Gasteiger partial charge in [-0.1, -0.05) is 68.6 Å². The summed E-state index contributed by atoms with van der Waals surface area (Å²) < 4.78 is 1.93. The molecule has 0 amide bonds. The Morgan fingerprint density at radius 2 is 1.93 bits per heavy atom. The lowest BCUT2D eigenvalue weighted by Gasteiger charge is -2.42. The summed E-state index contributed by atoms with van der Waals surface area (Å²) in [6, 6.07) is 8.61. The molecular weight excluding hydrogens is 352 g/mol. The van der Waals surface area contributed by atoms with Gasteiger partial charge >= 0.3 is 0 Å². The smallest absolute Gasteiger partial charge is 0.258 e. The van der Waals surface area contributed by atoms with Crippen molar-refractivity contribution in [2.24, 2.45) is 0 Å². The van der Waals surface area contributed by atoms with E-state index in [1.807, 2.05) is 4.57 Å². The first-order valence-electron chi connectivity index (χ1n) is 10.6. The van der Waals surface area contributed by atoms with Gasteiger partial charge in [-0.3, -0.25) is 9.36 Å². The summed E-state index contributed by atoms with van der Waals surface area (Å²) in [6.07, 6.45) is 9.30. The van der Waals surface area contributed by atoms with Gasteiger partial charge < -0.3 is 0 Å². The molecule has 1 fully saturated rings. The van der Waals surface area contributed by atoms with Crippen LogP contribution in [-0.4, -0.2) is 15.3 Å². The topological polar surface area (TPSA) is 34.9 Å². The van der Waals surface area contributed by atoms with Crippen molar-refractivity contribution < 1.29 is 0 Å². The first kappa shape index (κ1) is 18.8. The SMILES string of the molecule is CCCCSc1nc2c(c(=O)n1CC)C1(CCCCC1)Cc1ccccc1-2. The second-order valence-corrected chi connectivity index (χ2v) is 9.11. The van der Waals surface area contributed by atoms with Gasteiger partial charge in [0.2, 0.25) is 0 Å². The van der Waals surface area contributed by atoms with Gasteiger partial charge in [0, 0.05) is 23.3 Å². The van der Waals surface area contributed by atoms with E-state index in [1.54, 1.807) is 11.8 Å². The average Bonchev–Trinajstić information content (AvgIpc) is 2.69. The van der Waals surface area contributed by atoms with Crippen LogP contribution < -0.4 is 5.56 Å². The van der Waals surface area contributed by atoms with Crippen LogP contribution in [0.3, 0.4) is 0 Å². The molecule has 4 heteroatoms. The van der Waals surface area contributed by atoms with Crippen LogP contribution in [0.4, 0.5) is 0 Å². The van der Waals surface area contributed by atoms with E-state index in [-0.39, 0.29) is 11.0 Å². The van der Waals surface area contributed by atoms with E-state index >= 15 is 0 Å². The fourth-order valence-electron chi connectivity index (χ4n) is 4.92. The number of hydrogen-bond donors (Lipinski definition) is 0. The molecule has 1 saturated carbocycles. The Morgan fingerprint density at radius 3 is 2.67 bits per heavy atom. The zero-order valence-corrected chi connectivity index (χ0v) is 17.4. The normalized spacial score (nSPS) is 17.6. The predicted molar refractivity (Wildman–Crippen MR) is 114 cm³/mol. The molecule has 144 valence electrons. The minimum Gasteiger partial charge on any atom is -0.288 e. The average molecular weight is 383 g/mol. The Balaban J connectivity index is 1.92. The van der Waals surface area contributed by atoms with Crippen molar-refractivity contribution in [1.82, 2.24) is 9.55 Å². The van der Waals surface area contributed by atoms with Crippen molar-refractivity contribution in [2.45, 2.75) is 82.3 Å². The van der Waals surface area contributed by atoms with Gasteiger partial charge in [0.25, 0.3) is 5.56 Å². The summed E-state index contributed by atoms with van der Waals surface area (Å²) in [4.78, 5) is 18.8. The minimum absolute atomic E-state index is 0.00441. The number of thioether (sulfide) groups is 1. The molecule has 1 aromatic heterocycles. The molecule has 1 aromatic carbocycles. The van der Waals surface area contributed by atoms with E-state index in [1.165, 1.54) is 36.8 Å². The number of aromatic nitrogens is 2. The third kappa shape index (κ3) is 3.26. The van der Waals surface area contributed by atoms with Gasteiger partial charge in [-0.05, 0) is 38.2 Å². The molecule has 4 rings (SSSR count). The van der Waals surface area contributed by atoms with Crippen LogP contribution in [-0.2, 0) is 18.4 Å². The molecule has 3 nitrogen and oxygen atoms in total. The van der Waals surface area contributed by atoms with Gasteiger partial charge in [0.15, 0.2) is 5.16 Å². The molecule has 2 aromatic rings. The van der Waals surface area contributed by atoms with Crippen LogP contribution in [0.1, 0.15) is 69.9 Å². The summed E-state index contributed by atoms with van der Waals surface area (Å²) in [5.41, 5.74) is 4.77. The van der Waals surface area contributed by atoms with Crippen molar-refractivity contribution in [3.8, 4) is 11.3 Å². The molecular formula is C23H30N2OS. The molecule has 0 aliphatic heterocycles. The Labute approximate surface area is 166 Å². The highest BCUT2D eigenvalue weighted by Gasteiger charge is 2.43. The van der Waals surface area contributed by atoms with Gasteiger partial charge in [0.05, 0.1) is 11.3 Å². The highest BCUT2D eigenvalue weighted by atomic mass is 32.2. The van der Waals surface area contributed by atoms with Crippen LogP contribution >= 0.6 is 11.8 Å². The van der Waals surface area contributed by atoms with Crippen molar-refractivity contribution in [3.63, 3.8) is 0 Å². The minimum atomic E-state index is -0.00441. The summed E-state index contributed by atoms with van der Waals surface area (Å²) in [5.74, 6) is 1.02. The molecule has 0 radical (unpaired) electrons. The quantitative estimate of drug-likeness (QED) is 0.385. The molecule has 27 heavy (non-hydrogen) atoms. The van der Waals surface area contributed by atoms with Crippen LogP contribution in [0.25, 0.3) is 11.3 Å². The fraction of sp³-hybridized carbons (Fsp3) is 0.565. The summed E-state index contributed by atoms with van der Waals surface area (Å²) >= 11 is 1.74. The van der Waals surface area contributed by atoms with E-state index < -0.39 is 0 Å². The third-order valence-electron chi connectivity index (χ3n) is 6.32. The van der Waals surface area contributed by atoms with E-state index in [9.17, 15) is 4.79 Å². The lowest BCUT2D eigenvalue weighted by Crippen LogP contribution is -2.43. The van der Waals surface area contributed by atoms with Crippen molar-refractivity contribution >= 4 is 11.8 Å². The van der Waals surface area contributed by atoms with E-state index in [0.717, 1.165) is 47.8 Å². The van der Waals surface area contributed by atoms with E-state index in [0.29, 0.717) is 6.54 Å². The predicted octanol–water partition coefficient (Wildman–Crippen LogP) is 5.58. The zero-order valence-electron chi connectivity index (χ0n) is 16.6. The molecule has 0 bridgehead atoms. The van der Waals surface area contributed by atoms with Gasteiger partial charge in [0.1, 0.15) is 0 Å². The third-order valence-corrected chi connectivity index (χ3v) is 7.38. The monoisotopic (exact) mass is 382 g/mol. The van der Waals surface area contributed by atoms with E-state index in [4.69, 9.17) is 4.98 Å². The zero-order chi connectivity index (χ0) is 18.9. The van der Waals surface area contributed by atoms with Crippen molar-refractivity contribution in [3.05, 3.63) is 45.7 Å². The molecule has 0 atom stereocenters. The Morgan fingerprint density at radius 1 is 1.15 bits per heavy atom. The number of hydrogen-bond acceptors (Lipinski definition) is 3. The summed E-state index contributed by atoms with van der Waals surface area (Å²) in [7, 11) is 0. The van der Waals surface area contributed by atoms with Crippen LogP contribution in [0, 0.1) is 0 Å². The highest BCUT2D eigenvalue weighted by Crippen LogP contribution is 2.48. The standard InChI is InChI=1S/C23H30N2OS/c1-3-5-15-27-22-24-20-18-12-8-7-11-17(18)16-23(13-9-6-10-14-23)19(20)21(26)25(22)4-2/h7-8,11-12H,3-6,9-10,13-16H2,1-2H3. The second-order valence-electron chi connectivity index (χ2n) is 8.04. The molecule has 0 unspecified atom stereocenters. The van der Waals surface area contributed by atoms with Gasteiger partial charge in [-0.2, -0.15) is 0 Å². The van der Waals surface area contributed by atoms with Crippen molar-refractivity contribution in [2.75, 3.05) is 5.75 Å². The maximum absolute atomic E-state index is 13.7.